The van der Waals surface area contributed by atoms with Gasteiger partial charge in [-0.25, -0.2) is 0 Å². The van der Waals surface area contributed by atoms with E-state index >= 15 is 0 Å². The molecule has 0 nitrogen and oxygen atoms in total. The summed E-state index contributed by atoms with van der Waals surface area (Å²) in [6.07, 6.45) is 0. The summed E-state index contributed by atoms with van der Waals surface area (Å²) in [5.41, 5.74) is 0. The maximum absolute atomic E-state index is 3.20. The van der Waals surface area contributed by atoms with Gasteiger partial charge in [0.25, 0.3) is 0 Å². The van der Waals surface area contributed by atoms with Crippen LogP contribution >= 0.6 is 37.1 Å². The summed E-state index contributed by atoms with van der Waals surface area (Å²) < 4.78 is 0. The molecule has 0 atom stereocenters. The van der Waals surface area contributed by atoms with Crippen molar-refractivity contribution in [2.45, 2.75) is 0 Å². The topological polar surface area (TPSA) is 0 Å². The van der Waals surface area contributed by atoms with E-state index in [4.69, 9.17) is 0 Å². The predicted octanol–water partition coefficient (Wildman–Crippen LogP) is 1.94. The van der Waals surface area contributed by atoms with Crippen LogP contribution in [0.4, 0.5) is 0 Å². The van der Waals surface area contributed by atoms with E-state index in [1.54, 1.807) is 11.3 Å². The molecule has 1 heterocycles. The Hall–Kier alpha value is 2.19. The van der Waals surface area contributed by atoms with Crippen molar-refractivity contribution in [1.29, 1.82) is 0 Å². The monoisotopic (exact) mass is 291 g/mol. The Balaban J connectivity index is 0. The van der Waals surface area contributed by atoms with E-state index in [1.807, 2.05) is 17.5 Å². The van der Waals surface area contributed by atoms with Crippen LogP contribution in [0.15, 0.2) is 17.5 Å². The first-order valence-electron chi connectivity index (χ1n) is 1.93. The SMILES string of the molecule is [Br][Mg][Br].[MgH2].[c]1cccs1. The Morgan fingerprint density at radius 2 is 2.00 bits per heavy atom. The van der Waals surface area contributed by atoms with Crippen LogP contribution in [0.3, 0.4) is 0 Å². The first kappa shape index (κ1) is 13.8. The van der Waals surface area contributed by atoms with Crippen molar-refractivity contribution in [3.63, 3.8) is 0 Å². The van der Waals surface area contributed by atoms with E-state index in [-0.39, 0.29) is 39.1 Å². The van der Waals surface area contributed by atoms with Crippen molar-refractivity contribution < 1.29 is 0 Å². The van der Waals surface area contributed by atoms with E-state index < -0.39 is 0 Å². The van der Waals surface area contributed by atoms with Gasteiger partial charge in [0.2, 0.25) is 0 Å². The lowest BCUT2D eigenvalue weighted by Crippen LogP contribution is -1.31. The number of halogens is 2. The van der Waals surface area contributed by atoms with E-state index in [9.17, 15) is 0 Å². The van der Waals surface area contributed by atoms with Crippen LogP contribution in [0.5, 0.6) is 0 Å². The zero-order chi connectivity index (χ0) is 6.24. The lowest BCUT2D eigenvalue weighted by molar-refractivity contribution is 2.01. The Kier molecular flexibility index (Phi) is 19.6. The highest BCUT2D eigenvalue weighted by Gasteiger charge is 1.62. The van der Waals surface area contributed by atoms with Crippen molar-refractivity contribution >= 4 is 76.2 Å². The minimum Gasteiger partial charge on any atom is -0.280 e. The molecule has 0 spiro atoms. The highest BCUT2D eigenvalue weighted by Crippen LogP contribution is 1.90. The summed E-state index contributed by atoms with van der Waals surface area (Å²) in [6.45, 7) is 0. The first-order chi connectivity index (χ1) is 3.91. The van der Waals surface area contributed by atoms with E-state index in [1.165, 1.54) is 0 Å². The second-order valence-corrected chi connectivity index (χ2v) is 9.66. The van der Waals surface area contributed by atoms with Crippen molar-refractivity contribution in [2.24, 2.45) is 0 Å². The van der Waals surface area contributed by atoms with Crippen LogP contribution < -0.4 is 0 Å². The predicted molar refractivity (Wildman–Crippen MR) is 55.3 cm³/mol. The van der Waals surface area contributed by atoms with Gasteiger partial charge in [-0.1, -0.05) is 6.07 Å². The van der Waals surface area contributed by atoms with Crippen molar-refractivity contribution in [2.75, 3.05) is 0 Å². The van der Waals surface area contributed by atoms with Crippen molar-refractivity contribution in [3.05, 3.63) is 22.9 Å². The van der Waals surface area contributed by atoms with E-state index in [0.717, 1.165) is 0 Å². The summed E-state index contributed by atoms with van der Waals surface area (Å²) in [4.78, 5) is 0. The molecule has 1 aromatic rings. The van der Waals surface area contributed by atoms with Crippen LogP contribution in [-0.2, 0) is 0 Å². The molecule has 0 aliphatic carbocycles. The third kappa shape index (κ3) is 13.2. The third-order valence-corrected chi connectivity index (χ3v) is 0.944. The average Bonchev–Trinajstić information content (AvgIpc) is 2.17. The van der Waals surface area contributed by atoms with Crippen LogP contribution in [0, 0.1) is 5.38 Å². The molecule has 0 aromatic carbocycles. The highest BCUT2D eigenvalue weighted by atomic mass is 79.9. The van der Waals surface area contributed by atoms with Gasteiger partial charge < -0.3 is 0 Å². The van der Waals surface area contributed by atoms with E-state index in [2.05, 4.69) is 31.1 Å². The molecule has 0 fully saturated rings. The summed E-state index contributed by atoms with van der Waals surface area (Å²) in [5.74, 6) is 0. The highest BCUT2D eigenvalue weighted by molar-refractivity contribution is 9.47. The fourth-order valence-electron chi connectivity index (χ4n) is 0.196. The van der Waals surface area contributed by atoms with Crippen LogP contribution in [0.1, 0.15) is 0 Å². The van der Waals surface area contributed by atoms with Gasteiger partial charge in [-0.3, -0.25) is 25.8 Å². The lowest BCUT2D eigenvalue weighted by Gasteiger charge is -1.38. The smallest absolute Gasteiger partial charge is 0.280 e. The molecule has 45 valence electrons. The van der Waals surface area contributed by atoms with Gasteiger partial charge in [0, 0.05) is 5.38 Å². The molecule has 0 saturated heterocycles. The molecule has 0 N–H and O–H groups in total. The maximum atomic E-state index is 3.20. The zero-order valence-corrected chi connectivity index (χ0v) is 9.51. The van der Waals surface area contributed by atoms with Crippen LogP contribution in [0.25, 0.3) is 0 Å². The van der Waals surface area contributed by atoms with Crippen molar-refractivity contribution in [3.8, 4) is 0 Å². The number of hydrogen-bond donors (Lipinski definition) is 0. The second kappa shape index (κ2) is 12.8. The standard InChI is InChI=1S/C4H3S.2BrH.2Mg.2H/c1-2-4-5-3-1;;;;;;/h1-3H;2*1H;;;;/q;;;;+2;;/p-2. The summed E-state index contributed by atoms with van der Waals surface area (Å²) in [7, 11) is 0. The maximum Gasteiger partial charge on any atom is 0.560 e. The molecule has 0 unspecified atom stereocenters. The van der Waals surface area contributed by atoms with Crippen LogP contribution in [0.2, 0.25) is 0 Å². The third-order valence-electron chi connectivity index (χ3n) is 0.379. The molecule has 1 rings (SSSR count). The molecular formula is C4H5Br2Mg2S. The Morgan fingerprint density at radius 3 is 2.11 bits per heavy atom. The van der Waals surface area contributed by atoms with Gasteiger partial charge in [0.1, 0.15) is 0 Å². The van der Waals surface area contributed by atoms with Gasteiger partial charge in [-0.05, 0) is 11.4 Å². The minimum absolute atomic E-state index is 0. The Labute approximate surface area is 97.4 Å². The average molecular weight is 294 g/mol. The molecular weight excluding hydrogens is 289 g/mol. The summed E-state index contributed by atoms with van der Waals surface area (Å²) in [5, 5.41) is 4.89. The molecule has 0 aliphatic heterocycles. The van der Waals surface area contributed by atoms with Gasteiger partial charge in [0.05, 0.1) is 0 Å². The molecule has 5 heteroatoms. The van der Waals surface area contributed by atoms with Crippen molar-refractivity contribution in [1.82, 2.24) is 0 Å². The molecule has 0 bridgehead atoms. The fraction of sp³-hybridized carbons (Fsp3) is 0. The number of hydrogen-bond acceptors (Lipinski definition) is 1. The number of thiophene rings is 1. The summed E-state index contributed by atoms with van der Waals surface area (Å²) >= 11 is 8.03. The van der Waals surface area contributed by atoms with Gasteiger partial charge in [-0.2, -0.15) is 0 Å². The number of rotatable bonds is 0. The minimum atomic E-state index is 0. The Bertz CT molecular complexity index is 83.5. The van der Waals surface area contributed by atoms with E-state index in [0.29, 0.717) is 0 Å². The van der Waals surface area contributed by atoms with Gasteiger partial charge in [0.15, 0.2) is 0 Å². The molecule has 9 heavy (non-hydrogen) atoms. The lowest BCUT2D eigenvalue weighted by atomic mass is 10.7. The molecule has 0 amide bonds. The Morgan fingerprint density at radius 1 is 1.44 bits per heavy atom. The molecule has 0 saturated carbocycles. The quantitative estimate of drug-likeness (QED) is 0.641. The summed E-state index contributed by atoms with van der Waals surface area (Å²) in [6, 6.07) is 3.86. The van der Waals surface area contributed by atoms with Gasteiger partial charge >= 0.3 is 39.1 Å². The molecule has 1 aromatic heterocycles. The molecule has 0 aliphatic rings. The fourth-order valence-corrected chi connectivity index (χ4v) is 0.589. The largest absolute Gasteiger partial charge is 0.560 e. The first-order valence-corrected chi connectivity index (χ1v) is 10.6. The molecule has 1 radical (unpaired) electrons. The van der Waals surface area contributed by atoms with Gasteiger partial charge in [-0.15, -0.1) is 11.3 Å². The second-order valence-electron chi connectivity index (χ2n) is 0.832. The zero-order valence-electron chi connectivity index (χ0n) is 4.10. The normalized spacial score (nSPS) is 5.56. The van der Waals surface area contributed by atoms with Crippen LogP contribution in [-0.4, -0.2) is 39.1 Å².